The number of nitrogens with one attached hydrogen (secondary N) is 1. The first-order valence-corrected chi connectivity index (χ1v) is 6.17. The molecule has 1 aromatic carbocycles. The lowest BCUT2D eigenvalue weighted by Gasteiger charge is -2.08. The van der Waals surface area contributed by atoms with Crippen LogP contribution >= 0.6 is 23.2 Å². The summed E-state index contributed by atoms with van der Waals surface area (Å²) in [7, 11) is 0. The number of para-hydroxylation sites is 1. The largest absolute Gasteiger partial charge is 0.454 e. The minimum Gasteiger partial charge on any atom is -0.454 e. The molecule has 8 heteroatoms. The Morgan fingerprint density at radius 3 is 3.00 bits per heavy atom. The Labute approximate surface area is 118 Å². The first kappa shape index (κ1) is 12.3. The zero-order valence-electron chi connectivity index (χ0n) is 9.56. The average Bonchev–Trinajstić information content (AvgIpc) is 2.88. The van der Waals surface area contributed by atoms with Gasteiger partial charge in [-0.2, -0.15) is 4.98 Å². The van der Waals surface area contributed by atoms with E-state index >= 15 is 0 Å². The quantitative estimate of drug-likeness (QED) is 0.939. The predicted octanol–water partition coefficient (Wildman–Crippen LogP) is 2.52. The summed E-state index contributed by atoms with van der Waals surface area (Å²) in [5.74, 6) is 1.82. The molecule has 1 N–H and O–H groups in total. The van der Waals surface area contributed by atoms with E-state index in [1.807, 2.05) is 18.2 Å². The standard InChI is InChI=1S/C11H8Cl2N4O2/c12-9-10(15-11(13)17-16-9)14-4-6-2-1-3-7-8(6)19-5-18-7/h1-3H,4-5H2,(H,14,15,17). The molecule has 0 fully saturated rings. The number of hydrogen-bond donors (Lipinski definition) is 1. The second-order valence-corrected chi connectivity index (χ2v) is 4.42. The van der Waals surface area contributed by atoms with Gasteiger partial charge in [0.15, 0.2) is 22.5 Å². The normalized spacial score (nSPS) is 12.5. The van der Waals surface area contributed by atoms with Crippen LogP contribution in [0.5, 0.6) is 11.5 Å². The Hall–Kier alpha value is -1.79. The van der Waals surface area contributed by atoms with E-state index in [1.165, 1.54) is 0 Å². The molecule has 1 aliphatic rings. The highest BCUT2D eigenvalue weighted by molar-refractivity contribution is 6.32. The number of rotatable bonds is 3. The van der Waals surface area contributed by atoms with Crippen molar-refractivity contribution in [3.63, 3.8) is 0 Å². The number of ether oxygens (including phenoxy) is 2. The van der Waals surface area contributed by atoms with E-state index in [2.05, 4.69) is 20.5 Å². The van der Waals surface area contributed by atoms with Crippen molar-refractivity contribution >= 4 is 29.0 Å². The van der Waals surface area contributed by atoms with Crippen LogP contribution in [-0.4, -0.2) is 22.0 Å². The molecular formula is C11H8Cl2N4O2. The monoisotopic (exact) mass is 298 g/mol. The number of anilines is 1. The summed E-state index contributed by atoms with van der Waals surface area (Å²) >= 11 is 11.5. The summed E-state index contributed by atoms with van der Waals surface area (Å²) < 4.78 is 10.7. The molecule has 19 heavy (non-hydrogen) atoms. The highest BCUT2D eigenvalue weighted by atomic mass is 35.5. The summed E-state index contributed by atoms with van der Waals surface area (Å²) in [6.45, 7) is 0.690. The number of benzene rings is 1. The zero-order chi connectivity index (χ0) is 13.2. The third-order valence-corrected chi connectivity index (χ3v) is 2.96. The van der Waals surface area contributed by atoms with Crippen molar-refractivity contribution in [2.24, 2.45) is 0 Å². The van der Waals surface area contributed by atoms with Gasteiger partial charge in [-0.1, -0.05) is 23.7 Å². The predicted molar refractivity (Wildman–Crippen MR) is 69.7 cm³/mol. The van der Waals surface area contributed by atoms with Gasteiger partial charge in [0.25, 0.3) is 0 Å². The summed E-state index contributed by atoms with van der Waals surface area (Å²) in [4.78, 5) is 3.96. The first-order valence-electron chi connectivity index (χ1n) is 5.41. The maximum Gasteiger partial charge on any atom is 0.245 e. The SMILES string of the molecule is Clc1nnc(Cl)c(NCc2cccc3c2OCO3)n1. The summed E-state index contributed by atoms with van der Waals surface area (Å²) in [5, 5.41) is 10.4. The van der Waals surface area contributed by atoms with Gasteiger partial charge in [-0.15, -0.1) is 10.2 Å². The smallest absolute Gasteiger partial charge is 0.245 e. The molecule has 0 unspecified atom stereocenters. The molecule has 0 aliphatic carbocycles. The fraction of sp³-hybridized carbons (Fsp3) is 0.182. The molecule has 2 aromatic rings. The molecule has 0 atom stereocenters. The summed E-state index contributed by atoms with van der Waals surface area (Å²) in [5.41, 5.74) is 0.931. The van der Waals surface area contributed by atoms with Crippen LogP contribution in [0.3, 0.4) is 0 Å². The zero-order valence-corrected chi connectivity index (χ0v) is 11.1. The topological polar surface area (TPSA) is 69.2 Å². The van der Waals surface area contributed by atoms with E-state index < -0.39 is 0 Å². The molecule has 2 heterocycles. The van der Waals surface area contributed by atoms with E-state index in [9.17, 15) is 0 Å². The Balaban J connectivity index is 1.80. The maximum absolute atomic E-state index is 5.87. The summed E-state index contributed by atoms with van der Waals surface area (Å²) in [6, 6.07) is 5.66. The van der Waals surface area contributed by atoms with E-state index in [1.54, 1.807) is 0 Å². The Morgan fingerprint density at radius 1 is 1.21 bits per heavy atom. The number of aromatic nitrogens is 3. The third-order valence-electron chi connectivity index (χ3n) is 2.54. The number of nitrogens with zero attached hydrogens (tertiary/aromatic N) is 3. The van der Waals surface area contributed by atoms with Crippen molar-refractivity contribution in [3.8, 4) is 11.5 Å². The van der Waals surface area contributed by atoms with Crippen LogP contribution in [0.4, 0.5) is 5.82 Å². The number of halogens is 2. The van der Waals surface area contributed by atoms with Gasteiger partial charge < -0.3 is 14.8 Å². The molecule has 6 nitrogen and oxygen atoms in total. The Bertz CT molecular complexity index is 624. The molecule has 1 aromatic heterocycles. The van der Waals surface area contributed by atoms with Crippen LogP contribution in [0.15, 0.2) is 18.2 Å². The van der Waals surface area contributed by atoms with Crippen LogP contribution < -0.4 is 14.8 Å². The fourth-order valence-corrected chi connectivity index (χ4v) is 1.98. The number of fused-ring (bicyclic) bond motifs is 1. The highest BCUT2D eigenvalue weighted by Crippen LogP contribution is 2.35. The van der Waals surface area contributed by atoms with Crippen LogP contribution in [0.25, 0.3) is 0 Å². The van der Waals surface area contributed by atoms with Gasteiger partial charge in [-0.3, -0.25) is 0 Å². The minimum atomic E-state index is 0.0322. The second kappa shape index (κ2) is 5.07. The lowest BCUT2D eigenvalue weighted by Crippen LogP contribution is -2.05. The van der Waals surface area contributed by atoms with Gasteiger partial charge >= 0.3 is 0 Å². The van der Waals surface area contributed by atoms with Gasteiger partial charge in [-0.05, 0) is 17.7 Å². The van der Waals surface area contributed by atoms with E-state index in [-0.39, 0.29) is 17.2 Å². The highest BCUT2D eigenvalue weighted by Gasteiger charge is 2.17. The van der Waals surface area contributed by atoms with Crippen LogP contribution in [0, 0.1) is 0 Å². The van der Waals surface area contributed by atoms with Crippen LogP contribution in [0.1, 0.15) is 5.56 Å². The van der Waals surface area contributed by atoms with Crippen molar-refractivity contribution in [2.75, 3.05) is 12.1 Å². The third kappa shape index (κ3) is 2.50. The molecule has 98 valence electrons. The molecule has 0 saturated heterocycles. The molecule has 0 spiro atoms. The minimum absolute atomic E-state index is 0.0322. The van der Waals surface area contributed by atoms with Crippen molar-refractivity contribution < 1.29 is 9.47 Å². The van der Waals surface area contributed by atoms with Gasteiger partial charge in [0, 0.05) is 12.1 Å². The first-order chi connectivity index (χ1) is 9.24. The van der Waals surface area contributed by atoms with E-state index in [0.717, 1.165) is 17.1 Å². The van der Waals surface area contributed by atoms with Crippen molar-refractivity contribution in [1.82, 2.24) is 15.2 Å². The lowest BCUT2D eigenvalue weighted by molar-refractivity contribution is 0.173. The Morgan fingerprint density at radius 2 is 2.11 bits per heavy atom. The fourth-order valence-electron chi connectivity index (χ4n) is 1.71. The van der Waals surface area contributed by atoms with Gasteiger partial charge in [0.1, 0.15) is 0 Å². The second-order valence-electron chi connectivity index (χ2n) is 3.72. The molecular weight excluding hydrogens is 291 g/mol. The maximum atomic E-state index is 5.87. The Kier molecular flexibility index (Phi) is 3.27. The van der Waals surface area contributed by atoms with Gasteiger partial charge in [0.05, 0.1) is 0 Å². The molecule has 0 radical (unpaired) electrons. The van der Waals surface area contributed by atoms with Gasteiger partial charge in [0.2, 0.25) is 12.1 Å². The molecule has 1 aliphatic heterocycles. The lowest BCUT2D eigenvalue weighted by atomic mass is 10.2. The molecule has 0 bridgehead atoms. The van der Waals surface area contributed by atoms with Crippen LogP contribution in [-0.2, 0) is 6.54 Å². The molecule has 0 saturated carbocycles. The van der Waals surface area contributed by atoms with Crippen molar-refractivity contribution in [1.29, 1.82) is 0 Å². The van der Waals surface area contributed by atoms with E-state index in [0.29, 0.717) is 12.4 Å². The number of hydrogen-bond acceptors (Lipinski definition) is 6. The molecule has 3 rings (SSSR count). The average molecular weight is 299 g/mol. The molecule has 0 amide bonds. The van der Waals surface area contributed by atoms with Crippen molar-refractivity contribution in [3.05, 3.63) is 34.2 Å². The van der Waals surface area contributed by atoms with Gasteiger partial charge in [-0.25, -0.2) is 0 Å². The summed E-state index contributed by atoms with van der Waals surface area (Å²) in [6.07, 6.45) is 0. The van der Waals surface area contributed by atoms with Crippen molar-refractivity contribution in [2.45, 2.75) is 6.54 Å². The van der Waals surface area contributed by atoms with Crippen LogP contribution in [0.2, 0.25) is 10.4 Å². The van der Waals surface area contributed by atoms with E-state index in [4.69, 9.17) is 32.7 Å².